The molecule has 1 aliphatic heterocycles. The number of benzene rings is 2. The first kappa shape index (κ1) is 13.5. The minimum Gasteiger partial charge on any atom is -0.266 e. The third kappa shape index (κ3) is 2.33. The lowest BCUT2D eigenvalue weighted by Gasteiger charge is -2.19. The molecule has 0 saturated heterocycles. The predicted octanol–water partition coefficient (Wildman–Crippen LogP) is 3.38. The Bertz CT molecular complexity index is 824. The topological polar surface area (TPSA) is 86.1 Å². The van der Waals surface area contributed by atoms with Crippen LogP contribution in [0.3, 0.4) is 0 Å². The van der Waals surface area contributed by atoms with E-state index in [2.05, 4.69) is 10.0 Å². The van der Waals surface area contributed by atoms with Crippen LogP contribution in [0.1, 0.15) is 5.56 Å². The van der Waals surface area contributed by atoms with Crippen LogP contribution in [0.4, 0.5) is 11.4 Å². The van der Waals surface area contributed by atoms with Crippen molar-refractivity contribution in [2.45, 2.75) is 11.3 Å². The summed E-state index contributed by atoms with van der Waals surface area (Å²) in [6.07, 6.45) is 0.714. The van der Waals surface area contributed by atoms with Crippen molar-refractivity contribution >= 4 is 21.4 Å². The maximum absolute atomic E-state index is 12.7. The van der Waals surface area contributed by atoms with Gasteiger partial charge in [-0.05, 0) is 35.7 Å². The number of anilines is 1. The van der Waals surface area contributed by atoms with Crippen LogP contribution in [0.25, 0.3) is 10.4 Å². The molecule has 3 rings (SSSR count). The maximum Gasteiger partial charge on any atom is 0.264 e. The second-order valence-corrected chi connectivity index (χ2v) is 6.50. The minimum atomic E-state index is -3.59. The third-order valence-electron chi connectivity index (χ3n) is 3.43. The molecule has 106 valence electrons. The molecule has 21 heavy (non-hydrogen) atoms. The lowest BCUT2D eigenvalue weighted by Crippen LogP contribution is -2.29. The Balaban J connectivity index is 2.00. The number of sulfonamides is 1. The van der Waals surface area contributed by atoms with E-state index in [1.165, 1.54) is 28.6 Å². The van der Waals surface area contributed by atoms with Gasteiger partial charge >= 0.3 is 0 Å². The van der Waals surface area contributed by atoms with Gasteiger partial charge in [-0.2, -0.15) is 0 Å². The molecule has 0 spiro atoms. The van der Waals surface area contributed by atoms with Crippen LogP contribution in [0.15, 0.2) is 58.5 Å². The summed E-state index contributed by atoms with van der Waals surface area (Å²) in [6.45, 7) is 0.444. The smallest absolute Gasteiger partial charge is 0.264 e. The Kier molecular flexibility index (Phi) is 3.29. The summed E-state index contributed by atoms with van der Waals surface area (Å²) in [5.74, 6) is 0. The first-order valence-electron chi connectivity index (χ1n) is 6.39. The zero-order chi connectivity index (χ0) is 14.9. The van der Waals surface area contributed by atoms with Crippen LogP contribution in [-0.4, -0.2) is 15.0 Å². The monoisotopic (exact) mass is 300 g/mol. The fourth-order valence-corrected chi connectivity index (χ4v) is 3.92. The first-order valence-corrected chi connectivity index (χ1v) is 7.83. The zero-order valence-electron chi connectivity index (χ0n) is 11.0. The summed E-state index contributed by atoms with van der Waals surface area (Å²) in [4.78, 5) is 2.86. The van der Waals surface area contributed by atoms with E-state index in [1.807, 2.05) is 24.3 Å². The van der Waals surface area contributed by atoms with Crippen molar-refractivity contribution in [2.24, 2.45) is 5.11 Å². The molecule has 0 aliphatic carbocycles. The van der Waals surface area contributed by atoms with Crippen molar-refractivity contribution in [3.63, 3.8) is 0 Å². The fourth-order valence-electron chi connectivity index (χ4n) is 2.42. The van der Waals surface area contributed by atoms with E-state index >= 15 is 0 Å². The first-order chi connectivity index (χ1) is 10.1. The van der Waals surface area contributed by atoms with Crippen molar-refractivity contribution in [3.05, 3.63) is 64.5 Å². The van der Waals surface area contributed by atoms with E-state index in [9.17, 15) is 8.42 Å². The Morgan fingerprint density at radius 1 is 1.10 bits per heavy atom. The van der Waals surface area contributed by atoms with E-state index in [1.54, 1.807) is 0 Å². The van der Waals surface area contributed by atoms with Gasteiger partial charge in [-0.1, -0.05) is 35.4 Å². The average Bonchev–Trinajstić information content (AvgIpc) is 2.93. The van der Waals surface area contributed by atoms with E-state index in [0.29, 0.717) is 18.7 Å². The summed E-state index contributed by atoms with van der Waals surface area (Å²) in [5.41, 5.74) is 10.5. The lowest BCUT2D eigenvalue weighted by molar-refractivity contribution is 0.592. The molecule has 0 amide bonds. The fraction of sp³-hybridized carbons (Fsp3) is 0.143. The highest BCUT2D eigenvalue weighted by Gasteiger charge is 2.30. The largest absolute Gasteiger partial charge is 0.266 e. The molecule has 0 bridgehead atoms. The molecule has 0 aromatic heterocycles. The Labute approximate surface area is 122 Å². The van der Waals surface area contributed by atoms with Gasteiger partial charge in [-0.15, -0.1) is 0 Å². The van der Waals surface area contributed by atoms with E-state index in [0.717, 1.165) is 11.3 Å². The normalized spacial score (nSPS) is 13.6. The number of hydrogen-bond acceptors (Lipinski definition) is 3. The Morgan fingerprint density at radius 3 is 2.52 bits per heavy atom. The van der Waals surface area contributed by atoms with E-state index in [4.69, 9.17) is 5.53 Å². The van der Waals surface area contributed by atoms with Crippen molar-refractivity contribution in [3.8, 4) is 0 Å². The van der Waals surface area contributed by atoms with Crippen LogP contribution in [0.2, 0.25) is 0 Å². The molecule has 1 aliphatic rings. The van der Waals surface area contributed by atoms with Crippen molar-refractivity contribution < 1.29 is 8.42 Å². The van der Waals surface area contributed by atoms with E-state index < -0.39 is 10.0 Å². The summed E-state index contributed by atoms with van der Waals surface area (Å²) in [7, 11) is -3.59. The number of nitrogens with zero attached hydrogens (tertiary/aromatic N) is 4. The molecule has 2 aromatic carbocycles. The number of para-hydroxylation sites is 1. The van der Waals surface area contributed by atoms with E-state index in [-0.39, 0.29) is 4.90 Å². The van der Waals surface area contributed by atoms with Crippen LogP contribution in [0, 0.1) is 0 Å². The quantitative estimate of drug-likeness (QED) is 0.494. The van der Waals surface area contributed by atoms with Gasteiger partial charge < -0.3 is 0 Å². The summed E-state index contributed by atoms with van der Waals surface area (Å²) >= 11 is 0. The van der Waals surface area contributed by atoms with Crippen LogP contribution in [0.5, 0.6) is 0 Å². The molecule has 0 radical (unpaired) electrons. The highest BCUT2D eigenvalue weighted by molar-refractivity contribution is 7.92. The highest BCUT2D eigenvalue weighted by Crippen LogP contribution is 2.32. The maximum atomic E-state index is 12.7. The van der Waals surface area contributed by atoms with Gasteiger partial charge in [0.1, 0.15) is 0 Å². The van der Waals surface area contributed by atoms with Gasteiger partial charge in [0.15, 0.2) is 0 Å². The van der Waals surface area contributed by atoms with Gasteiger partial charge in [0.05, 0.1) is 10.6 Å². The minimum absolute atomic E-state index is 0.191. The van der Waals surface area contributed by atoms with Gasteiger partial charge in [0, 0.05) is 17.1 Å². The second-order valence-electron chi connectivity index (χ2n) is 4.64. The molecule has 0 unspecified atom stereocenters. The number of fused-ring (bicyclic) bond motifs is 1. The number of rotatable bonds is 3. The summed E-state index contributed by atoms with van der Waals surface area (Å²) < 4.78 is 26.8. The summed E-state index contributed by atoms with van der Waals surface area (Å²) in [5, 5.41) is 3.44. The number of hydrogen-bond donors (Lipinski definition) is 0. The van der Waals surface area contributed by atoms with Crippen molar-refractivity contribution in [1.29, 1.82) is 0 Å². The van der Waals surface area contributed by atoms with Gasteiger partial charge in [0.2, 0.25) is 0 Å². The molecule has 0 N–H and O–H groups in total. The molecule has 6 nitrogen and oxygen atoms in total. The van der Waals surface area contributed by atoms with Crippen LogP contribution >= 0.6 is 0 Å². The summed E-state index contributed by atoms with van der Waals surface area (Å²) in [6, 6.07) is 13.4. The number of azide groups is 1. The molecular formula is C14H12N4O2S. The van der Waals surface area contributed by atoms with Crippen LogP contribution in [-0.2, 0) is 16.4 Å². The van der Waals surface area contributed by atoms with Gasteiger partial charge in [-0.3, -0.25) is 4.31 Å². The average molecular weight is 300 g/mol. The lowest BCUT2D eigenvalue weighted by atomic mass is 10.2. The molecular weight excluding hydrogens is 288 g/mol. The zero-order valence-corrected chi connectivity index (χ0v) is 11.9. The molecule has 0 saturated carbocycles. The molecule has 1 heterocycles. The van der Waals surface area contributed by atoms with Crippen molar-refractivity contribution in [2.75, 3.05) is 10.8 Å². The molecule has 7 heteroatoms. The molecule has 2 aromatic rings. The SMILES string of the molecule is [N-]=[N+]=Nc1ccc(S(=O)(=O)N2CCc3ccccc32)cc1. The predicted molar refractivity (Wildman–Crippen MR) is 79.9 cm³/mol. The van der Waals surface area contributed by atoms with Crippen LogP contribution < -0.4 is 4.31 Å². The Hall–Kier alpha value is -2.50. The van der Waals surface area contributed by atoms with Gasteiger partial charge in [0.25, 0.3) is 10.0 Å². The Morgan fingerprint density at radius 2 is 1.81 bits per heavy atom. The third-order valence-corrected chi connectivity index (χ3v) is 5.26. The highest BCUT2D eigenvalue weighted by atomic mass is 32.2. The van der Waals surface area contributed by atoms with Crippen molar-refractivity contribution in [1.82, 2.24) is 0 Å². The molecule has 0 atom stereocenters. The second kappa shape index (κ2) is 5.12. The molecule has 0 fully saturated rings. The standard InChI is InChI=1S/C14H12N4O2S/c15-17-16-12-5-7-13(8-6-12)21(19,20)18-10-9-11-3-1-2-4-14(11)18/h1-8H,9-10H2. The van der Waals surface area contributed by atoms with Gasteiger partial charge in [-0.25, -0.2) is 8.42 Å².